The molecule has 0 aliphatic carbocycles. The molecule has 74 valence electrons. The van der Waals surface area contributed by atoms with Crippen molar-refractivity contribution in [2.45, 2.75) is 4.90 Å². The Kier molecular flexibility index (Phi) is 3.17. The van der Waals surface area contributed by atoms with Crippen molar-refractivity contribution in [3.8, 4) is 6.07 Å². The summed E-state index contributed by atoms with van der Waals surface area (Å²) in [6, 6.07) is 5.99. The van der Waals surface area contributed by atoms with E-state index in [9.17, 15) is 12.8 Å². The minimum atomic E-state index is -3.68. The predicted molar refractivity (Wildman–Crippen MR) is 47.2 cm³/mol. The summed E-state index contributed by atoms with van der Waals surface area (Å²) >= 11 is 0. The molecule has 14 heavy (non-hydrogen) atoms. The number of nitrogens with zero attached hydrogens (tertiary/aromatic N) is 1. The Labute approximate surface area is 81.0 Å². The molecule has 0 atom stereocenters. The lowest BCUT2D eigenvalue weighted by atomic mass is 10.4. The molecule has 0 fully saturated rings. The summed E-state index contributed by atoms with van der Waals surface area (Å²) in [5.74, 6) is -0.510. The molecule has 0 heterocycles. The number of nitriles is 1. The molecule has 0 radical (unpaired) electrons. The van der Waals surface area contributed by atoms with Crippen molar-refractivity contribution in [1.82, 2.24) is 4.72 Å². The first-order valence-electron chi connectivity index (χ1n) is 3.68. The van der Waals surface area contributed by atoms with Crippen LogP contribution in [-0.4, -0.2) is 15.0 Å². The van der Waals surface area contributed by atoms with Crippen LogP contribution in [0.3, 0.4) is 0 Å². The Morgan fingerprint density at radius 2 is 1.93 bits per heavy atom. The highest BCUT2D eigenvalue weighted by atomic mass is 32.2. The lowest BCUT2D eigenvalue weighted by molar-refractivity contribution is 0.585. The summed E-state index contributed by atoms with van der Waals surface area (Å²) in [6.45, 7) is -0.306. The third-order valence-electron chi connectivity index (χ3n) is 1.47. The van der Waals surface area contributed by atoms with Crippen LogP contribution in [0.2, 0.25) is 0 Å². The Morgan fingerprint density at radius 1 is 1.36 bits per heavy atom. The number of hydrogen-bond donors (Lipinski definition) is 1. The third kappa shape index (κ3) is 2.52. The summed E-state index contributed by atoms with van der Waals surface area (Å²) in [4.78, 5) is -0.0610. The number of halogens is 1. The van der Waals surface area contributed by atoms with E-state index in [1.165, 1.54) is 0 Å². The molecule has 1 aromatic carbocycles. The van der Waals surface area contributed by atoms with E-state index < -0.39 is 15.8 Å². The molecule has 1 N–H and O–H groups in total. The molecule has 0 spiro atoms. The van der Waals surface area contributed by atoms with Crippen molar-refractivity contribution in [3.05, 3.63) is 30.1 Å². The molecule has 1 aromatic rings. The number of sulfonamides is 1. The minimum Gasteiger partial charge on any atom is -0.207 e. The summed E-state index contributed by atoms with van der Waals surface area (Å²) < 4.78 is 37.1. The fourth-order valence-corrected chi connectivity index (χ4v) is 1.74. The average molecular weight is 214 g/mol. The molecular weight excluding hydrogens is 207 g/mol. The number of rotatable bonds is 3. The standard InChI is InChI=1S/C8H7FN2O2S/c9-7-1-3-8(4-2-7)14(12,13)11-6-5-10/h1-4,11H,6H2. The van der Waals surface area contributed by atoms with Gasteiger partial charge in [0.15, 0.2) is 0 Å². The predicted octanol–water partition coefficient (Wildman–Crippen LogP) is 0.628. The van der Waals surface area contributed by atoms with Crippen LogP contribution in [0, 0.1) is 17.1 Å². The Morgan fingerprint density at radius 3 is 2.43 bits per heavy atom. The van der Waals surface area contributed by atoms with E-state index in [-0.39, 0.29) is 11.4 Å². The van der Waals surface area contributed by atoms with Crippen LogP contribution in [0.1, 0.15) is 0 Å². The molecule has 0 amide bonds. The van der Waals surface area contributed by atoms with Gasteiger partial charge >= 0.3 is 0 Å². The average Bonchev–Trinajstić information content (AvgIpc) is 2.16. The van der Waals surface area contributed by atoms with Gasteiger partial charge < -0.3 is 0 Å². The van der Waals surface area contributed by atoms with E-state index in [0.29, 0.717) is 0 Å². The lowest BCUT2D eigenvalue weighted by Crippen LogP contribution is -2.23. The van der Waals surface area contributed by atoms with Crippen molar-refractivity contribution >= 4 is 10.0 Å². The molecule has 1 rings (SSSR count). The van der Waals surface area contributed by atoms with Crippen LogP contribution < -0.4 is 4.72 Å². The first-order valence-corrected chi connectivity index (χ1v) is 5.17. The van der Waals surface area contributed by atoms with Crippen LogP contribution in [0.25, 0.3) is 0 Å². The van der Waals surface area contributed by atoms with E-state index in [4.69, 9.17) is 5.26 Å². The number of hydrogen-bond acceptors (Lipinski definition) is 3. The Bertz CT molecular complexity index is 447. The zero-order valence-electron chi connectivity index (χ0n) is 7.07. The number of nitrogens with one attached hydrogen (secondary N) is 1. The van der Waals surface area contributed by atoms with E-state index in [1.807, 2.05) is 4.72 Å². The zero-order valence-corrected chi connectivity index (χ0v) is 7.88. The van der Waals surface area contributed by atoms with Crippen LogP contribution in [-0.2, 0) is 10.0 Å². The van der Waals surface area contributed by atoms with Crippen molar-refractivity contribution in [3.63, 3.8) is 0 Å². The largest absolute Gasteiger partial charge is 0.241 e. The molecule has 0 aliphatic rings. The second kappa shape index (κ2) is 4.17. The molecule has 0 unspecified atom stereocenters. The van der Waals surface area contributed by atoms with Gasteiger partial charge in [0.1, 0.15) is 5.82 Å². The maximum Gasteiger partial charge on any atom is 0.241 e. The van der Waals surface area contributed by atoms with Crippen LogP contribution >= 0.6 is 0 Å². The lowest BCUT2D eigenvalue weighted by Gasteiger charge is -2.02. The normalized spacial score (nSPS) is 10.9. The molecule has 0 saturated carbocycles. The summed E-state index contributed by atoms with van der Waals surface area (Å²) in [6.07, 6.45) is 0. The van der Waals surface area contributed by atoms with E-state index in [0.717, 1.165) is 24.3 Å². The van der Waals surface area contributed by atoms with Gasteiger partial charge in [-0.15, -0.1) is 0 Å². The van der Waals surface area contributed by atoms with Gasteiger partial charge in [-0.3, -0.25) is 0 Å². The van der Waals surface area contributed by atoms with Crippen LogP contribution in [0.4, 0.5) is 4.39 Å². The van der Waals surface area contributed by atoms with Gasteiger partial charge in [0.25, 0.3) is 0 Å². The molecular formula is C8H7FN2O2S. The maximum atomic E-state index is 12.5. The first-order chi connectivity index (χ1) is 6.56. The first kappa shape index (κ1) is 10.6. The van der Waals surface area contributed by atoms with Gasteiger partial charge in [-0.1, -0.05) is 0 Å². The maximum absolute atomic E-state index is 12.5. The van der Waals surface area contributed by atoms with Crippen LogP contribution in [0.15, 0.2) is 29.2 Å². The number of benzene rings is 1. The molecule has 4 nitrogen and oxygen atoms in total. The van der Waals surface area contributed by atoms with Crippen LogP contribution in [0.5, 0.6) is 0 Å². The molecule has 0 bridgehead atoms. The van der Waals surface area contributed by atoms with E-state index in [1.54, 1.807) is 6.07 Å². The third-order valence-corrected chi connectivity index (χ3v) is 2.88. The van der Waals surface area contributed by atoms with Crippen molar-refractivity contribution in [1.29, 1.82) is 5.26 Å². The second-order valence-corrected chi connectivity index (χ2v) is 4.20. The highest BCUT2D eigenvalue weighted by Crippen LogP contribution is 2.08. The summed E-state index contributed by atoms with van der Waals surface area (Å²) in [5, 5.41) is 8.18. The fourth-order valence-electron chi connectivity index (χ4n) is 0.824. The van der Waals surface area contributed by atoms with Gasteiger partial charge in [0.05, 0.1) is 17.5 Å². The summed E-state index contributed by atoms with van der Waals surface area (Å²) in [7, 11) is -3.68. The quantitative estimate of drug-likeness (QED) is 0.750. The van der Waals surface area contributed by atoms with Crippen molar-refractivity contribution < 1.29 is 12.8 Å². The Balaban J connectivity index is 2.94. The summed E-state index contributed by atoms with van der Waals surface area (Å²) in [5.41, 5.74) is 0. The smallest absolute Gasteiger partial charge is 0.207 e. The van der Waals surface area contributed by atoms with E-state index >= 15 is 0 Å². The highest BCUT2D eigenvalue weighted by molar-refractivity contribution is 7.89. The topological polar surface area (TPSA) is 70.0 Å². The van der Waals surface area contributed by atoms with Gasteiger partial charge in [0, 0.05) is 0 Å². The van der Waals surface area contributed by atoms with Crippen molar-refractivity contribution in [2.24, 2.45) is 0 Å². The second-order valence-electron chi connectivity index (χ2n) is 2.44. The van der Waals surface area contributed by atoms with Crippen molar-refractivity contribution in [2.75, 3.05) is 6.54 Å². The fraction of sp³-hybridized carbons (Fsp3) is 0.125. The van der Waals surface area contributed by atoms with Gasteiger partial charge in [0.2, 0.25) is 10.0 Å². The SMILES string of the molecule is N#CCNS(=O)(=O)c1ccc(F)cc1. The van der Waals surface area contributed by atoms with E-state index in [2.05, 4.69) is 0 Å². The van der Waals surface area contributed by atoms with Gasteiger partial charge in [-0.25, -0.2) is 12.8 Å². The zero-order chi connectivity index (χ0) is 10.6. The highest BCUT2D eigenvalue weighted by Gasteiger charge is 2.12. The minimum absolute atomic E-state index is 0.0610. The Hall–Kier alpha value is -1.45. The molecule has 6 heteroatoms. The monoisotopic (exact) mass is 214 g/mol. The molecule has 0 aliphatic heterocycles. The molecule has 0 saturated heterocycles. The van der Waals surface area contributed by atoms with Gasteiger partial charge in [-0.2, -0.15) is 9.98 Å². The molecule has 0 aromatic heterocycles. The van der Waals surface area contributed by atoms with Gasteiger partial charge in [-0.05, 0) is 24.3 Å².